The number of carboxylic acid groups (broad SMARTS) is 1. The van der Waals surface area contributed by atoms with Gasteiger partial charge in [0.15, 0.2) is 11.5 Å². The first kappa shape index (κ1) is 19.4. The molecule has 0 aliphatic carbocycles. The molecule has 1 aliphatic rings. The van der Waals surface area contributed by atoms with Crippen LogP contribution in [-0.2, 0) is 4.79 Å². The van der Waals surface area contributed by atoms with Crippen LogP contribution in [0, 0.1) is 6.92 Å². The summed E-state index contributed by atoms with van der Waals surface area (Å²) in [6, 6.07) is 13.0. The molecule has 2 aromatic carbocycles. The Labute approximate surface area is 162 Å². The maximum atomic E-state index is 11.1. The topological polar surface area (TPSA) is 77.0 Å². The van der Waals surface area contributed by atoms with Crippen LogP contribution < -0.4 is 19.5 Å². The van der Waals surface area contributed by atoms with Crippen LogP contribution in [0.25, 0.3) is 0 Å². The molecule has 144 valence electrons. The van der Waals surface area contributed by atoms with Crippen LogP contribution in [0.5, 0.6) is 17.2 Å². The van der Waals surface area contributed by atoms with E-state index in [1.54, 1.807) is 18.9 Å². The second-order valence-electron chi connectivity index (χ2n) is 6.14. The second kappa shape index (κ2) is 9.01. The summed E-state index contributed by atoms with van der Waals surface area (Å²) in [6.07, 6.45) is 0. The van der Waals surface area contributed by atoms with Crippen molar-refractivity contribution in [2.45, 2.75) is 18.3 Å². The van der Waals surface area contributed by atoms with E-state index >= 15 is 0 Å². The Morgan fingerprint density at radius 2 is 1.89 bits per heavy atom. The number of hydrogen-bond donors (Lipinski definition) is 2. The van der Waals surface area contributed by atoms with Gasteiger partial charge in [-0.05, 0) is 36.2 Å². The highest BCUT2D eigenvalue weighted by Gasteiger charge is 2.30. The Morgan fingerprint density at radius 3 is 2.56 bits per heavy atom. The van der Waals surface area contributed by atoms with Crippen molar-refractivity contribution in [2.75, 3.05) is 26.1 Å². The summed E-state index contributed by atoms with van der Waals surface area (Å²) in [7, 11) is 1.59. The zero-order valence-electron chi connectivity index (χ0n) is 15.3. The average molecular weight is 389 g/mol. The fourth-order valence-corrected chi connectivity index (χ4v) is 4.02. The number of carbonyl (C=O) groups is 1. The van der Waals surface area contributed by atoms with E-state index in [4.69, 9.17) is 19.3 Å². The molecule has 0 bridgehead atoms. The van der Waals surface area contributed by atoms with Crippen molar-refractivity contribution in [3.05, 3.63) is 53.6 Å². The number of rotatable bonds is 8. The molecule has 0 aromatic heterocycles. The number of aryl methyl sites for hydroxylation is 1. The SMILES string of the molecule is COc1ccc(C2NC(C(=O)O)CS2)cc1OCCOc1ccccc1C. The quantitative estimate of drug-likeness (QED) is 0.671. The number of para-hydroxylation sites is 1. The Bertz CT molecular complexity index is 798. The molecule has 6 nitrogen and oxygen atoms in total. The minimum absolute atomic E-state index is 0.0809. The van der Waals surface area contributed by atoms with E-state index in [1.807, 2.05) is 49.4 Å². The van der Waals surface area contributed by atoms with Crippen LogP contribution in [0.4, 0.5) is 0 Å². The van der Waals surface area contributed by atoms with Gasteiger partial charge in [0.25, 0.3) is 0 Å². The van der Waals surface area contributed by atoms with E-state index in [2.05, 4.69) is 5.32 Å². The van der Waals surface area contributed by atoms with Crippen LogP contribution in [-0.4, -0.2) is 43.2 Å². The molecule has 2 unspecified atom stereocenters. The van der Waals surface area contributed by atoms with Gasteiger partial charge in [0, 0.05) is 5.75 Å². The molecule has 0 amide bonds. The highest BCUT2D eigenvalue weighted by molar-refractivity contribution is 7.99. The lowest BCUT2D eigenvalue weighted by molar-refractivity contribution is -0.138. The van der Waals surface area contributed by atoms with Gasteiger partial charge in [-0.15, -0.1) is 11.8 Å². The normalized spacial score (nSPS) is 18.9. The lowest BCUT2D eigenvalue weighted by Crippen LogP contribution is -2.33. The summed E-state index contributed by atoms with van der Waals surface area (Å²) in [5.41, 5.74) is 2.04. The summed E-state index contributed by atoms with van der Waals surface area (Å²) in [5.74, 6) is 1.79. The van der Waals surface area contributed by atoms with Gasteiger partial charge in [-0.1, -0.05) is 24.3 Å². The van der Waals surface area contributed by atoms with Gasteiger partial charge in [-0.3, -0.25) is 10.1 Å². The molecule has 2 aromatic rings. The zero-order chi connectivity index (χ0) is 19.2. The second-order valence-corrected chi connectivity index (χ2v) is 7.28. The minimum Gasteiger partial charge on any atom is -0.493 e. The average Bonchev–Trinajstić information content (AvgIpc) is 3.17. The third kappa shape index (κ3) is 4.87. The number of nitrogens with one attached hydrogen (secondary N) is 1. The van der Waals surface area contributed by atoms with Gasteiger partial charge in [0.05, 0.1) is 12.5 Å². The van der Waals surface area contributed by atoms with Crippen molar-refractivity contribution in [1.82, 2.24) is 5.32 Å². The lowest BCUT2D eigenvalue weighted by Gasteiger charge is -2.16. The number of aliphatic carboxylic acids is 1. The fourth-order valence-electron chi connectivity index (χ4n) is 2.80. The van der Waals surface area contributed by atoms with Gasteiger partial charge in [-0.25, -0.2) is 0 Å². The highest BCUT2D eigenvalue weighted by atomic mass is 32.2. The maximum absolute atomic E-state index is 11.1. The number of thioether (sulfide) groups is 1. The molecular formula is C20H23NO5S. The summed E-state index contributed by atoms with van der Waals surface area (Å²) in [5, 5.41) is 12.2. The molecule has 2 atom stereocenters. The molecule has 0 spiro atoms. The number of hydrogen-bond acceptors (Lipinski definition) is 6. The lowest BCUT2D eigenvalue weighted by atomic mass is 10.2. The van der Waals surface area contributed by atoms with Gasteiger partial charge >= 0.3 is 5.97 Å². The predicted octanol–water partition coefficient (Wildman–Crippen LogP) is 3.25. The van der Waals surface area contributed by atoms with Crippen LogP contribution in [0.2, 0.25) is 0 Å². The number of benzene rings is 2. The van der Waals surface area contributed by atoms with E-state index in [1.165, 1.54) is 0 Å². The highest BCUT2D eigenvalue weighted by Crippen LogP contribution is 2.37. The van der Waals surface area contributed by atoms with Gasteiger partial charge in [0.1, 0.15) is 25.0 Å². The van der Waals surface area contributed by atoms with Gasteiger partial charge < -0.3 is 19.3 Å². The van der Waals surface area contributed by atoms with Crippen molar-refractivity contribution in [3.63, 3.8) is 0 Å². The standard InChI is InChI=1S/C20H23NO5S/c1-13-5-3-4-6-16(13)25-9-10-26-18-11-14(7-8-17(18)24-2)19-21-15(12-27-19)20(22)23/h3-8,11,15,19,21H,9-10,12H2,1-2H3,(H,22,23). The number of methoxy groups -OCH3 is 1. The first-order valence-corrected chi connectivity index (χ1v) is 9.73. The Balaban J connectivity index is 1.60. The Kier molecular flexibility index (Phi) is 6.47. The molecule has 1 fully saturated rings. The van der Waals surface area contributed by atoms with Crippen molar-refractivity contribution < 1.29 is 24.1 Å². The molecule has 1 heterocycles. The summed E-state index contributed by atoms with van der Waals surface area (Å²) >= 11 is 1.57. The van der Waals surface area contributed by atoms with Crippen LogP contribution in [0.3, 0.4) is 0 Å². The van der Waals surface area contributed by atoms with Crippen molar-refractivity contribution in [1.29, 1.82) is 0 Å². The van der Waals surface area contributed by atoms with E-state index in [0.29, 0.717) is 30.5 Å². The molecule has 0 radical (unpaired) electrons. The number of carboxylic acids is 1. The van der Waals surface area contributed by atoms with Crippen molar-refractivity contribution >= 4 is 17.7 Å². The first-order valence-electron chi connectivity index (χ1n) is 8.68. The third-order valence-electron chi connectivity index (χ3n) is 4.26. The minimum atomic E-state index is -0.830. The summed E-state index contributed by atoms with van der Waals surface area (Å²) < 4.78 is 17.0. The zero-order valence-corrected chi connectivity index (χ0v) is 16.1. The van der Waals surface area contributed by atoms with Crippen molar-refractivity contribution in [3.8, 4) is 17.2 Å². The first-order chi connectivity index (χ1) is 13.1. The van der Waals surface area contributed by atoms with Crippen LogP contribution >= 0.6 is 11.8 Å². The maximum Gasteiger partial charge on any atom is 0.321 e. The van der Waals surface area contributed by atoms with E-state index in [0.717, 1.165) is 16.9 Å². The van der Waals surface area contributed by atoms with E-state index in [-0.39, 0.29) is 5.37 Å². The largest absolute Gasteiger partial charge is 0.493 e. The predicted molar refractivity (Wildman–Crippen MR) is 105 cm³/mol. The molecule has 27 heavy (non-hydrogen) atoms. The molecular weight excluding hydrogens is 366 g/mol. The molecule has 1 saturated heterocycles. The number of ether oxygens (including phenoxy) is 3. The Hall–Kier alpha value is -2.38. The van der Waals surface area contributed by atoms with E-state index < -0.39 is 12.0 Å². The molecule has 7 heteroatoms. The van der Waals surface area contributed by atoms with Gasteiger partial charge in [0.2, 0.25) is 0 Å². The van der Waals surface area contributed by atoms with Crippen LogP contribution in [0.1, 0.15) is 16.5 Å². The van der Waals surface area contributed by atoms with Gasteiger partial charge in [-0.2, -0.15) is 0 Å². The fraction of sp³-hybridized carbons (Fsp3) is 0.350. The van der Waals surface area contributed by atoms with Crippen LogP contribution in [0.15, 0.2) is 42.5 Å². The summed E-state index contributed by atoms with van der Waals surface area (Å²) in [6.45, 7) is 2.78. The van der Waals surface area contributed by atoms with Crippen molar-refractivity contribution in [2.24, 2.45) is 0 Å². The smallest absolute Gasteiger partial charge is 0.321 e. The van der Waals surface area contributed by atoms with E-state index in [9.17, 15) is 4.79 Å². The monoisotopic (exact) mass is 389 g/mol. The molecule has 3 rings (SSSR count). The third-order valence-corrected chi connectivity index (χ3v) is 5.53. The summed E-state index contributed by atoms with van der Waals surface area (Å²) in [4.78, 5) is 11.1. The molecule has 0 saturated carbocycles. The molecule has 2 N–H and O–H groups in total. The molecule has 1 aliphatic heterocycles. The Morgan fingerprint density at radius 1 is 1.15 bits per heavy atom.